The van der Waals surface area contributed by atoms with Gasteiger partial charge in [0.05, 0.1) is 12.1 Å². The molecule has 4 heteroatoms. The average molecular weight is 365 g/mol. The van der Waals surface area contributed by atoms with Crippen molar-refractivity contribution in [3.05, 3.63) is 71.8 Å². The maximum Gasteiger partial charge on any atom is 0.251 e. The van der Waals surface area contributed by atoms with Crippen LogP contribution in [0.1, 0.15) is 47.5 Å². The van der Waals surface area contributed by atoms with Gasteiger partial charge in [-0.15, -0.1) is 0 Å². The van der Waals surface area contributed by atoms with Gasteiger partial charge in [-0.1, -0.05) is 48.5 Å². The van der Waals surface area contributed by atoms with Gasteiger partial charge in [-0.2, -0.15) is 0 Å². The number of methoxy groups -OCH3 is 1. The predicted octanol–water partition coefficient (Wildman–Crippen LogP) is 4.13. The highest BCUT2D eigenvalue weighted by Crippen LogP contribution is 2.42. The van der Waals surface area contributed by atoms with Crippen LogP contribution in [0.4, 0.5) is 0 Å². The predicted molar refractivity (Wildman–Crippen MR) is 105 cm³/mol. The summed E-state index contributed by atoms with van der Waals surface area (Å²) in [6, 6.07) is 19.9. The Hall–Kier alpha value is -2.17. The first-order valence-corrected chi connectivity index (χ1v) is 9.83. The minimum atomic E-state index is -0.395. The van der Waals surface area contributed by atoms with Gasteiger partial charge in [-0.25, -0.2) is 0 Å². The Bertz CT molecular complexity index is 749. The highest BCUT2D eigenvalue weighted by Gasteiger charge is 2.42. The van der Waals surface area contributed by atoms with Crippen molar-refractivity contribution in [2.75, 3.05) is 7.11 Å². The van der Waals surface area contributed by atoms with Gasteiger partial charge in [0.15, 0.2) is 6.29 Å². The monoisotopic (exact) mass is 365 g/mol. The van der Waals surface area contributed by atoms with E-state index in [1.165, 1.54) is 12.0 Å². The van der Waals surface area contributed by atoms with Gasteiger partial charge >= 0.3 is 0 Å². The van der Waals surface area contributed by atoms with Crippen molar-refractivity contribution >= 4 is 5.91 Å². The molecule has 142 valence electrons. The molecule has 4 rings (SSSR count). The molecule has 1 N–H and O–H groups in total. The van der Waals surface area contributed by atoms with E-state index >= 15 is 0 Å². The zero-order valence-corrected chi connectivity index (χ0v) is 15.7. The molecule has 0 unspecified atom stereocenters. The van der Waals surface area contributed by atoms with E-state index in [1.54, 1.807) is 7.11 Å². The first-order chi connectivity index (χ1) is 13.2. The first-order valence-electron chi connectivity index (χ1n) is 9.83. The minimum absolute atomic E-state index is 0.0670. The van der Waals surface area contributed by atoms with Gasteiger partial charge in [0.1, 0.15) is 0 Å². The summed E-state index contributed by atoms with van der Waals surface area (Å²) in [7, 11) is 1.66. The van der Waals surface area contributed by atoms with Gasteiger partial charge in [0.25, 0.3) is 5.91 Å². The third-order valence-corrected chi connectivity index (χ3v) is 5.98. The Kier molecular flexibility index (Phi) is 5.55. The van der Waals surface area contributed by atoms with Gasteiger partial charge in [0.2, 0.25) is 0 Å². The SMILES string of the molecule is CO[C@H]1O[C@H]2C[C@@H](c3ccccc3)CC[C@H]2C[C@H]1NC(=O)c1ccccc1. The molecule has 1 aliphatic heterocycles. The molecule has 27 heavy (non-hydrogen) atoms. The normalized spacial score (nSPS) is 30.3. The second-order valence-electron chi connectivity index (χ2n) is 7.64. The van der Waals surface area contributed by atoms with Crippen LogP contribution in [0.2, 0.25) is 0 Å². The summed E-state index contributed by atoms with van der Waals surface area (Å²) in [5, 5.41) is 3.12. The molecule has 0 spiro atoms. The van der Waals surface area contributed by atoms with Crippen LogP contribution in [0.3, 0.4) is 0 Å². The van der Waals surface area contributed by atoms with Gasteiger partial charge < -0.3 is 14.8 Å². The number of hydrogen-bond donors (Lipinski definition) is 1. The lowest BCUT2D eigenvalue weighted by Crippen LogP contribution is -2.54. The number of carbonyl (C=O) groups excluding carboxylic acids is 1. The van der Waals surface area contributed by atoms with E-state index in [-0.39, 0.29) is 18.1 Å². The average Bonchev–Trinajstić information content (AvgIpc) is 2.74. The second kappa shape index (κ2) is 8.24. The van der Waals surface area contributed by atoms with Crippen molar-refractivity contribution in [2.45, 2.75) is 50.0 Å². The topological polar surface area (TPSA) is 47.6 Å². The van der Waals surface area contributed by atoms with E-state index in [4.69, 9.17) is 9.47 Å². The fraction of sp³-hybridized carbons (Fsp3) is 0.435. The highest BCUT2D eigenvalue weighted by molar-refractivity contribution is 5.94. The van der Waals surface area contributed by atoms with Crippen LogP contribution in [0.25, 0.3) is 0 Å². The van der Waals surface area contributed by atoms with Gasteiger partial charge in [0, 0.05) is 12.7 Å². The molecule has 0 radical (unpaired) electrons. The van der Waals surface area contributed by atoms with Crippen LogP contribution in [0.5, 0.6) is 0 Å². The Labute approximate surface area is 160 Å². The van der Waals surface area contributed by atoms with Crippen LogP contribution in [-0.2, 0) is 9.47 Å². The molecule has 5 atom stereocenters. The van der Waals surface area contributed by atoms with Crippen molar-refractivity contribution in [1.29, 1.82) is 0 Å². The minimum Gasteiger partial charge on any atom is -0.354 e. The number of benzene rings is 2. The summed E-state index contributed by atoms with van der Waals surface area (Å²) < 4.78 is 11.9. The smallest absolute Gasteiger partial charge is 0.251 e. The Morgan fingerprint density at radius 2 is 1.70 bits per heavy atom. The second-order valence-corrected chi connectivity index (χ2v) is 7.64. The zero-order chi connectivity index (χ0) is 18.6. The molecular weight excluding hydrogens is 338 g/mol. The first kappa shape index (κ1) is 18.2. The van der Waals surface area contributed by atoms with Gasteiger partial charge in [-0.3, -0.25) is 4.79 Å². The van der Waals surface area contributed by atoms with E-state index < -0.39 is 6.29 Å². The summed E-state index contributed by atoms with van der Waals surface area (Å²) in [5.74, 6) is 0.945. The Balaban J connectivity index is 1.42. The Morgan fingerprint density at radius 3 is 2.41 bits per heavy atom. The summed E-state index contributed by atoms with van der Waals surface area (Å²) in [5.41, 5.74) is 2.07. The third kappa shape index (κ3) is 4.07. The number of nitrogens with one attached hydrogen (secondary N) is 1. The van der Waals surface area contributed by atoms with E-state index in [2.05, 4.69) is 35.6 Å². The standard InChI is InChI=1S/C23H27NO3/c1-26-23-20(24-22(25)17-10-6-3-7-11-17)14-19-13-12-18(15-21(19)27-23)16-8-4-2-5-9-16/h2-11,18-21,23H,12-15H2,1H3,(H,24,25)/t18-,19-,20+,21-,23-/m0/s1. The number of carbonyl (C=O) groups is 1. The molecule has 2 aliphatic rings. The molecule has 1 saturated carbocycles. The third-order valence-electron chi connectivity index (χ3n) is 5.98. The lowest BCUT2D eigenvalue weighted by Gasteiger charge is -2.45. The number of fused-ring (bicyclic) bond motifs is 1. The molecule has 1 heterocycles. The van der Waals surface area contributed by atoms with Crippen molar-refractivity contribution < 1.29 is 14.3 Å². The summed E-state index contributed by atoms with van der Waals surface area (Å²) in [6.45, 7) is 0. The van der Waals surface area contributed by atoms with Crippen LogP contribution in [0.15, 0.2) is 60.7 Å². The molecule has 1 aliphatic carbocycles. The molecule has 0 aromatic heterocycles. The van der Waals surface area contributed by atoms with Crippen LogP contribution in [0, 0.1) is 5.92 Å². The number of amides is 1. The summed E-state index contributed by atoms with van der Waals surface area (Å²) in [6.07, 6.45) is 4.02. The fourth-order valence-corrected chi connectivity index (χ4v) is 4.55. The van der Waals surface area contributed by atoms with Crippen LogP contribution >= 0.6 is 0 Å². The molecular formula is C23H27NO3. The number of rotatable bonds is 4. The van der Waals surface area contributed by atoms with E-state index in [0.717, 1.165) is 19.3 Å². The molecule has 4 nitrogen and oxygen atoms in total. The molecule has 1 amide bonds. The molecule has 0 bridgehead atoms. The van der Waals surface area contributed by atoms with E-state index in [0.29, 0.717) is 17.4 Å². The lowest BCUT2D eigenvalue weighted by molar-refractivity contribution is -0.218. The molecule has 2 aromatic rings. The highest BCUT2D eigenvalue weighted by atomic mass is 16.7. The zero-order valence-electron chi connectivity index (χ0n) is 15.7. The van der Waals surface area contributed by atoms with E-state index in [1.807, 2.05) is 30.3 Å². The molecule has 2 aromatic carbocycles. The summed E-state index contributed by atoms with van der Waals surface area (Å²) >= 11 is 0. The fourth-order valence-electron chi connectivity index (χ4n) is 4.55. The van der Waals surface area contributed by atoms with Crippen molar-refractivity contribution in [1.82, 2.24) is 5.32 Å². The number of ether oxygens (including phenoxy) is 2. The van der Waals surface area contributed by atoms with Crippen LogP contribution in [-0.4, -0.2) is 31.5 Å². The van der Waals surface area contributed by atoms with Crippen molar-refractivity contribution in [2.24, 2.45) is 5.92 Å². The van der Waals surface area contributed by atoms with Crippen molar-refractivity contribution in [3.8, 4) is 0 Å². The molecule has 2 fully saturated rings. The Morgan fingerprint density at radius 1 is 1.00 bits per heavy atom. The lowest BCUT2D eigenvalue weighted by atomic mass is 9.73. The largest absolute Gasteiger partial charge is 0.354 e. The molecule has 1 saturated heterocycles. The van der Waals surface area contributed by atoms with Gasteiger partial charge in [-0.05, 0) is 55.2 Å². The maximum atomic E-state index is 12.5. The summed E-state index contributed by atoms with van der Waals surface area (Å²) in [4.78, 5) is 12.5. The van der Waals surface area contributed by atoms with Crippen LogP contribution < -0.4 is 5.32 Å². The maximum absolute atomic E-state index is 12.5. The number of hydrogen-bond acceptors (Lipinski definition) is 3. The quantitative estimate of drug-likeness (QED) is 0.886. The van der Waals surface area contributed by atoms with E-state index in [9.17, 15) is 4.79 Å². The van der Waals surface area contributed by atoms with Crippen molar-refractivity contribution in [3.63, 3.8) is 0 Å².